The molecule has 0 N–H and O–H groups in total. The number of ether oxygens (including phenoxy) is 1. The first-order valence-electron chi connectivity index (χ1n) is 12.9. The SMILES string of the molecule is COc1ccccc1C1CCN(c2nc(C3(F)CCC3)nc3c(Cl)cc(N4CCCC4)cc23)CC1. The molecule has 0 spiro atoms. The van der Waals surface area contributed by atoms with Crippen molar-refractivity contribution < 1.29 is 9.13 Å². The van der Waals surface area contributed by atoms with E-state index >= 15 is 4.39 Å². The van der Waals surface area contributed by atoms with E-state index in [0.29, 0.717) is 35.1 Å². The largest absolute Gasteiger partial charge is 0.496 e. The highest BCUT2D eigenvalue weighted by Crippen LogP contribution is 2.46. The molecule has 2 saturated heterocycles. The molecule has 5 nitrogen and oxygen atoms in total. The van der Waals surface area contributed by atoms with Crippen LogP contribution >= 0.6 is 11.6 Å². The lowest BCUT2D eigenvalue weighted by Crippen LogP contribution is -2.36. The Labute approximate surface area is 211 Å². The Morgan fingerprint density at radius 1 is 0.971 bits per heavy atom. The molecular weight excluding hydrogens is 463 g/mol. The highest BCUT2D eigenvalue weighted by atomic mass is 35.5. The minimum Gasteiger partial charge on any atom is -0.496 e. The van der Waals surface area contributed by atoms with Crippen molar-refractivity contribution in [2.24, 2.45) is 0 Å². The summed E-state index contributed by atoms with van der Waals surface area (Å²) < 4.78 is 21.1. The van der Waals surface area contributed by atoms with Crippen LogP contribution in [0.1, 0.15) is 62.3 Å². The zero-order valence-electron chi connectivity index (χ0n) is 20.3. The molecule has 0 unspecified atom stereocenters. The van der Waals surface area contributed by atoms with Crippen LogP contribution in [0.25, 0.3) is 10.9 Å². The number of hydrogen-bond donors (Lipinski definition) is 0. The van der Waals surface area contributed by atoms with E-state index < -0.39 is 5.67 Å². The van der Waals surface area contributed by atoms with Gasteiger partial charge in [-0.25, -0.2) is 14.4 Å². The summed E-state index contributed by atoms with van der Waals surface area (Å²) in [4.78, 5) is 14.3. The first-order chi connectivity index (χ1) is 17.1. The summed E-state index contributed by atoms with van der Waals surface area (Å²) in [5, 5.41) is 1.52. The highest BCUT2D eigenvalue weighted by Gasteiger charge is 2.43. The number of rotatable bonds is 5. The molecule has 0 amide bonds. The van der Waals surface area contributed by atoms with Crippen LogP contribution in [-0.2, 0) is 5.67 Å². The number of alkyl halides is 1. The number of methoxy groups -OCH3 is 1. The molecular formula is C28H32ClFN4O. The third-order valence-electron chi connectivity index (χ3n) is 8.11. The third-order valence-corrected chi connectivity index (χ3v) is 8.40. The molecule has 2 aromatic carbocycles. The summed E-state index contributed by atoms with van der Waals surface area (Å²) in [6.07, 6.45) is 6.20. The van der Waals surface area contributed by atoms with Crippen molar-refractivity contribution in [1.82, 2.24) is 9.97 Å². The van der Waals surface area contributed by atoms with E-state index in [4.69, 9.17) is 26.3 Å². The Kier molecular flexibility index (Phi) is 5.95. The van der Waals surface area contributed by atoms with Gasteiger partial charge in [0.25, 0.3) is 0 Å². The fraction of sp³-hybridized carbons (Fsp3) is 0.500. The molecule has 3 aliphatic rings. The fourth-order valence-corrected chi connectivity index (χ4v) is 6.13. The maximum Gasteiger partial charge on any atom is 0.170 e. The summed E-state index contributed by atoms with van der Waals surface area (Å²) in [6, 6.07) is 12.5. The number of nitrogens with zero attached hydrogens (tertiary/aromatic N) is 4. The Balaban J connectivity index is 1.37. The number of piperidine rings is 1. The highest BCUT2D eigenvalue weighted by molar-refractivity contribution is 6.35. The van der Waals surface area contributed by atoms with Gasteiger partial charge in [-0.15, -0.1) is 0 Å². The van der Waals surface area contributed by atoms with Crippen molar-refractivity contribution >= 4 is 34.0 Å². The lowest BCUT2D eigenvalue weighted by atomic mass is 9.81. The molecule has 35 heavy (non-hydrogen) atoms. The zero-order valence-corrected chi connectivity index (χ0v) is 21.0. The van der Waals surface area contributed by atoms with E-state index in [9.17, 15) is 0 Å². The Morgan fingerprint density at radius 2 is 1.71 bits per heavy atom. The molecule has 0 bridgehead atoms. The second-order valence-corrected chi connectivity index (χ2v) is 10.6. The van der Waals surface area contributed by atoms with Gasteiger partial charge in [0, 0.05) is 37.3 Å². The molecule has 1 saturated carbocycles. The van der Waals surface area contributed by atoms with E-state index in [2.05, 4.69) is 28.0 Å². The predicted octanol–water partition coefficient (Wildman–Crippen LogP) is 6.62. The lowest BCUT2D eigenvalue weighted by molar-refractivity contribution is 0.0512. The minimum absolute atomic E-state index is 0.300. The molecule has 0 atom stereocenters. The van der Waals surface area contributed by atoms with Gasteiger partial charge in [0.05, 0.1) is 17.6 Å². The van der Waals surface area contributed by atoms with Crippen LogP contribution in [0.5, 0.6) is 5.75 Å². The van der Waals surface area contributed by atoms with Crippen LogP contribution in [0.2, 0.25) is 5.02 Å². The van der Waals surface area contributed by atoms with Crippen molar-refractivity contribution in [1.29, 1.82) is 0 Å². The van der Waals surface area contributed by atoms with Crippen molar-refractivity contribution in [3.8, 4) is 5.75 Å². The first kappa shape index (κ1) is 22.8. The number of fused-ring (bicyclic) bond motifs is 1. The van der Waals surface area contributed by atoms with Gasteiger partial charge in [0.1, 0.15) is 11.6 Å². The van der Waals surface area contributed by atoms with Crippen LogP contribution in [0.3, 0.4) is 0 Å². The molecule has 184 valence electrons. The molecule has 7 heteroatoms. The molecule has 1 aliphatic carbocycles. The number of aromatic nitrogens is 2. The lowest BCUT2D eigenvalue weighted by Gasteiger charge is -2.36. The van der Waals surface area contributed by atoms with E-state index in [1.165, 1.54) is 18.4 Å². The molecule has 2 aliphatic heterocycles. The molecule has 0 radical (unpaired) electrons. The third kappa shape index (κ3) is 4.10. The van der Waals surface area contributed by atoms with Crippen LogP contribution in [0.4, 0.5) is 15.9 Å². The summed E-state index contributed by atoms with van der Waals surface area (Å²) in [7, 11) is 1.73. The van der Waals surface area contributed by atoms with Gasteiger partial charge in [-0.05, 0) is 74.6 Å². The molecule has 3 fully saturated rings. The number of halogens is 2. The van der Waals surface area contributed by atoms with Gasteiger partial charge in [-0.3, -0.25) is 0 Å². The van der Waals surface area contributed by atoms with E-state index in [0.717, 1.165) is 68.1 Å². The topological polar surface area (TPSA) is 41.5 Å². The summed E-state index contributed by atoms with van der Waals surface area (Å²) in [5.74, 6) is 2.51. The zero-order chi connectivity index (χ0) is 24.0. The second kappa shape index (κ2) is 9.12. The van der Waals surface area contributed by atoms with Crippen molar-refractivity contribution in [3.63, 3.8) is 0 Å². The standard InChI is InChI=1S/C28H32ClFN4O/c1-35-24-8-3-2-7-21(24)19-9-15-34(16-10-19)26-22-17-20(33-13-4-5-14-33)18-23(29)25(22)31-27(32-26)28(30)11-6-12-28/h2-3,7-8,17-19H,4-6,9-16H2,1H3. The number of anilines is 2. The summed E-state index contributed by atoms with van der Waals surface area (Å²) >= 11 is 6.80. The molecule has 1 aromatic heterocycles. The summed E-state index contributed by atoms with van der Waals surface area (Å²) in [6.45, 7) is 3.76. The van der Waals surface area contributed by atoms with Crippen molar-refractivity contribution in [2.45, 2.75) is 56.5 Å². The van der Waals surface area contributed by atoms with Gasteiger partial charge in [-0.2, -0.15) is 0 Å². The quantitative estimate of drug-likeness (QED) is 0.398. The normalized spacial score (nSPS) is 20.3. The van der Waals surface area contributed by atoms with Gasteiger partial charge in [0.2, 0.25) is 0 Å². The Bertz CT molecular complexity index is 1230. The maximum absolute atomic E-state index is 15.5. The number of benzene rings is 2. The van der Waals surface area contributed by atoms with E-state index in [1.54, 1.807) is 7.11 Å². The molecule has 6 rings (SSSR count). The van der Waals surface area contributed by atoms with Gasteiger partial charge < -0.3 is 14.5 Å². The molecule has 3 heterocycles. The van der Waals surface area contributed by atoms with Crippen molar-refractivity contribution in [2.75, 3.05) is 43.1 Å². The average Bonchev–Trinajstić information content (AvgIpc) is 3.42. The van der Waals surface area contributed by atoms with Crippen molar-refractivity contribution in [3.05, 3.63) is 52.8 Å². The van der Waals surface area contributed by atoms with Crippen LogP contribution in [0.15, 0.2) is 36.4 Å². The minimum atomic E-state index is -1.43. The number of para-hydroxylation sites is 1. The average molecular weight is 495 g/mol. The summed E-state index contributed by atoms with van der Waals surface area (Å²) in [5.41, 5.74) is 1.61. The monoisotopic (exact) mass is 494 g/mol. The van der Waals surface area contributed by atoms with Gasteiger partial charge >= 0.3 is 0 Å². The first-order valence-corrected chi connectivity index (χ1v) is 13.3. The van der Waals surface area contributed by atoms with E-state index in [-0.39, 0.29) is 0 Å². The van der Waals surface area contributed by atoms with Gasteiger partial charge in [0.15, 0.2) is 11.5 Å². The fourth-order valence-electron chi connectivity index (χ4n) is 5.88. The smallest absolute Gasteiger partial charge is 0.170 e. The van der Waals surface area contributed by atoms with Crippen LogP contribution < -0.4 is 14.5 Å². The Hall–Kier alpha value is -2.60. The van der Waals surface area contributed by atoms with Gasteiger partial charge in [-0.1, -0.05) is 29.8 Å². The predicted molar refractivity (Wildman–Crippen MR) is 140 cm³/mol. The second-order valence-electron chi connectivity index (χ2n) is 10.2. The van der Waals surface area contributed by atoms with E-state index in [1.807, 2.05) is 18.2 Å². The molecule has 3 aromatic rings. The number of hydrogen-bond acceptors (Lipinski definition) is 5. The van der Waals surface area contributed by atoms with Crippen LogP contribution in [0, 0.1) is 0 Å². The Morgan fingerprint density at radius 3 is 2.40 bits per heavy atom. The maximum atomic E-state index is 15.5. The van der Waals surface area contributed by atoms with Crippen LogP contribution in [-0.4, -0.2) is 43.3 Å².